The molecule has 0 saturated carbocycles. The Balaban J connectivity index is 1.68. The zero-order valence-corrected chi connectivity index (χ0v) is 14.9. The van der Waals surface area contributed by atoms with E-state index in [1.54, 1.807) is 6.07 Å². The molecule has 0 saturated heterocycles. The lowest BCUT2D eigenvalue weighted by atomic mass is 10.1. The quantitative estimate of drug-likeness (QED) is 0.676. The molecule has 7 nitrogen and oxygen atoms in total. The molecule has 8 heteroatoms. The molecule has 1 amide bonds. The minimum atomic E-state index is -0.260. The van der Waals surface area contributed by atoms with Crippen molar-refractivity contribution >= 4 is 23.4 Å². The van der Waals surface area contributed by atoms with Crippen LogP contribution in [-0.4, -0.2) is 31.9 Å². The molecule has 0 aliphatic rings. The van der Waals surface area contributed by atoms with Crippen LogP contribution < -0.4 is 5.32 Å². The van der Waals surface area contributed by atoms with Gasteiger partial charge in [-0.15, -0.1) is 22.0 Å². The molecule has 0 bridgehead atoms. The van der Waals surface area contributed by atoms with Crippen molar-refractivity contribution in [2.24, 2.45) is 0 Å². The Kier molecular flexibility index (Phi) is 5.61. The number of amides is 1. The minimum absolute atomic E-state index is 0.0455. The van der Waals surface area contributed by atoms with E-state index < -0.39 is 0 Å². The molecule has 26 heavy (non-hydrogen) atoms. The van der Waals surface area contributed by atoms with Crippen LogP contribution in [0.3, 0.4) is 0 Å². The second kappa shape index (κ2) is 8.27. The molecular weight excluding hydrogens is 348 g/mol. The van der Waals surface area contributed by atoms with Crippen molar-refractivity contribution in [3.8, 4) is 17.5 Å². The van der Waals surface area contributed by atoms with Crippen LogP contribution in [0.5, 0.6) is 0 Å². The molecule has 1 heterocycles. The average Bonchev–Trinajstić information content (AvgIpc) is 3.09. The zero-order valence-electron chi connectivity index (χ0n) is 14.1. The molecule has 1 aromatic heterocycles. The van der Waals surface area contributed by atoms with Crippen molar-refractivity contribution in [1.29, 1.82) is 5.26 Å². The van der Waals surface area contributed by atoms with E-state index in [0.29, 0.717) is 17.3 Å². The van der Waals surface area contributed by atoms with Gasteiger partial charge in [0.05, 0.1) is 17.5 Å². The molecule has 1 N–H and O–H groups in total. The molecule has 3 aromatic rings. The van der Waals surface area contributed by atoms with Crippen molar-refractivity contribution < 1.29 is 4.79 Å². The van der Waals surface area contributed by atoms with Gasteiger partial charge in [0.2, 0.25) is 11.7 Å². The fourth-order valence-corrected chi connectivity index (χ4v) is 3.04. The lowest BCUT2D eigenvalue weighted by Crippen LogP contribution is -2.20. The maximum atomic E-state index is 12.3. The first kappa shape index (κ1) is 17.6. The van der Waals surface area contributed by atoms with Gasteiger partial charge in [-0.05, 0) is 29.8 Å². The van der Waals surface area contributed by atoms with Gasteiger partial charge in [0, 0.05) is 10.5 Å². The second-order valence-corrected chi connectivity index (χ2v) is 6.47. The summed E-state index contributed by atoms with van der Waals surface area (Å²) in [6.07, 6.45) is 0. The van der Waals surface area contributed by atoms with Crippen molar-refractivity contribution in [2.45, 2.75) is 18.4 Å². The number of aromatic nitrogens is 4. The fourth-order valence-electron chi connectivity index (χ4n) is 2.37. The number of tetrazole rings is 1. The molecule has 0 aliphatic carbocycles. The first-order chi connectivity index (χ1) is 12.7. The highest BCUT2D eigenvalue weighted by Gasteiger charge is 2.12. The number of anilines is 1. The summed E-state index contributed by atoms with van der Waals surface area (Å²) in [6.45, 7) is 1.93. The third-order valence-electron chi connectivity index (χ3n) is 3.58. The van der Waals surface area contributed by atoms with Crippen LogP contribution in [0.2, 0.25) is 0 Å². The third kappa shape index (κ3) is 4.26. The summed E-state index contributed by atoms with van der Waals surface area (Å²) < 4.78 is 0. The zero-order chi connectivity index (χ0) is 18.4. The molecule has 0 atom stereocenters. The van der Waals surface area contributed by atoms with E-state index in [4.69, 9.17) is 5.26 Å². The SMILES string of the molecule is Cc1ccccc1-c1nnn(CC(=O)Nc2ccccc2SCC#N)n1. The molecular formula is C18H16N6OS. The molecule has 0 radical (unpaired) electrons. The third-order valence-corrected chi connectivity index (χ3v) is 4.52. The largest absolute Gasteiger partial charge is 0.323 e. The van der Waals surface area contributed by atoms with Crippen LogP contribution in [0.25, 0.3) is 11.4 Å². The summed E-state index contributed by atoms with van der Waals surface area (Å²) in [6, 6.07) is 17.2. The number of para-hydroxylation sites is 1. The van der Waals surface area contributed by atoms with Gasteiger partial charge in [0.15, 0.2) is 0 Å². The fraction of sp³-hybridized carbons (Fsp3) is 0.167. The first-order valence-electron chi connectivity index (χ1n) is 7.90. The van der Waals surface area contributed by atoms with Crippen LogP contribution in [0.4, 0.5) is 5.69 Å². The van der Waals surface area contributed by atoms with Gasteiger partial charge < -0.3 is 5.32 Å². The van der Waals surface area contributed by atoms with E-state index >= 15 is 0 Å². The second-order valence-electron chi connectivity index (χ2n) is 5.45. The number of hydrogen-bond acceptors (Lipinski definition) is 6. The summed E-state index contributed by atoms with van der Waals surface area (Å²) in [5.41, 5.74) is 2.59. The van der Waals surface area contributed by atoms with Gasteiger partial charge in [0.25, 0.3) is 0 Å². The Bertz CT molecular complexity index is 962. The Morgan fingerprint density at radius 3 is 2.81 bits per heavy atom. The number of nitrogens with one attached hydrogen (secondary N) is 1. The maximum absolute atomic E-state index is 12.3. The molecule has 3 rings (SSSR count). The summed E-state index contributed by atoms with van der Waals surface area (Å²) in [5, 5.41) is 23.8. The minimum Gasteiger partial charge on any atom is -0.323 e. The molecule has 130 valence electrons. The highest BCUT2D eigenvalue weighted by Crippen LogP contribution is 2.26. The number of nitriles is 1. The van der Waals surface area contributed by atoms with E-state index in [1.165, 1.54) is 16.6 Å². The molecule has 0 spiro atoms. The Morgan fingerprint density at radius 2 is 2.00 bits per heavy atom. The molecule has 0 unspecified atom stereocenters. The lowest BCUT2D eigenvalue weighted by molar-refractivity contribution is -0.117. The summed E-state index contributed by atoms with van der Waals surface area (Å²) >= 11 is 1.37. The number of rotatable bonds is 6. The molecule has 0 aliphatic heterocycles. The number of carbonyl (C=O) groups excluding carboxylic acids is 1. The van der Waals surface area contributed by atoms with Crippen molar-refractivity contribution in [1.82, 2.24) is 20.2 Å². The number of aryl methyl sites for hydroxylation is 1. The van der Waals surface area contributed by atoms with Crippen LogP contribution in [0, 0.1) is 18.3 Å². The summed E-state index contributed by atoms with van der Waals surface area (Å²) in [7, 11) is 0. The predicted molar refractivity (Wildman–Crippen MR) is 99.4 cm³/mol. The van der Waals surface area contributed by atoms with Crippen LogP contribution in [0.15, 0.2) is 53.4 Å². The Labute approximate surface area is 155 Å². The number of thioether (sulfide) groups is 1. The monoisotopic (exact) mass is 364 g/mol. The van der Waals surface area contributed by atoms with Crippen molar-refractivity contribution in [3.05, 3.63) is 54.1 Å². The van der Waals surface area contributed by atoms with Crippen molar-refractivity contribution in [2.75, 3.05) is 11.1 Å². The average molecular weight is 364 g/mol. The highest BCUT2D eigenvalue weighted by molar-refractivity contribution is 7.99. The summed E-state index contributed by atoms with van der Waals surface area (Å²) in [5.74, 6) is 0.543. The van der Waals surface area contributed by atoms with E-state index in [-0.39, 0.29) is 12.5 Å². The standard InChI is InChI=1S/C18H16N6OS/c1-13-6-2-3-7-14(13)18-21-23-24(22-18)12-17(25)20-15-8-4-5-9-16(15)26-11-10-19/h2-9H,11-12H2,1H3,(H,20,25). The number of benzene rings is 2. The van der Waals surface area contributed by atoms with E-state index in [2.05, 4.69) is 26.8 Å². The topological polar surface area (TPSA) is 96.5 Å². The summed E-state index contributed by atoms with van der Waals surface area (Å²) in [4.78, 5) is 14.4. The Hall–Kier alpha value is -3.18. The van der Waals surface area contributed by atoms with E-state index in [0.717, 1.165) is 16.0 Å². The van der Waals surface area contributed by atoms with Crippen LogP contribution in [-0.2, 0) is 11.3 Å². The van der Waals surface area contributed by atoms with Crippen molar-refractivity contribution in [3.63, 3.8) is 0 Å². The van der Waals surface area contributed by atoms with E-state index in [1.807, 2.05) is 49.4 Å². The maximum Gasteiger partial charge on any atom is 0.248 e. The van der Waals surface area contributed by atoms with Gasteiger partial charge in [0.1, 0.15) is 6.54 Å². The highest BCUT2D eigenvalue weighted by atomic mass is 32.2. The first-order valence-corrected chi connectivity index (χ1v) is 8.88. The van der Waals surface area contributed by atoms with Crippen LogP contribution in [0.1, 0.15) is 5.56 Å². The van der Waals surface area contributed by atoms with Gasteiger partial charge in [-0.2, -0.15) is 10.1 Å². The van der Waals surface area contributed by atoms with Crippen LogP contribution >= 0.6 is 11.8 Å². The molecule has 2 aromatic carbocycles. The Morgan fingerprint density at radius 1 is 1.23 bits per heavy atom. The smallest absolute Gasteiger partial charge is 0.248 e. The van der Waals surface area contributed by atoms with Gasteiger partial charge in [-0.25, -0.2) is 0 Å². The number of hydrogen-bond donors (Lipinski definition) is 1. The van der Waals surface area contributed by atoms with Gasteiger partial charge in [-0.3, -0.25) is 4.79 Å². The van der Waals surface area contributed by atoms with Gasteiger partial charge >= 0.3 is 0 Å². The van der Waals surface area contributed by atoms with Gasteiger partial charge in [-0.1, -0.05) is 36.4 Å². The molecule has 0 fully saturated rings. The lowest BCUT2D eigenvalue weighted by Gasteiger charge is -2.09. The van der Waals surface area contributed by atoms with E-state index in [9.17, 15) is 4.79 Å². The number of nitrogens with zero attached hydrogens (tertiary/aromatic N) is 5. The predicted octanol–water partition coefficient (Wildman–Crippen LogP) is 2.90. The number of carbonyl (C=O) groups is 1. The normalized spacial score (nSPS) is 10.3.